The van der Waals surface area contributed by atoms with Gasteiger partial charge in [0.1, 0.15) is 0 Å². The summed E-state index contributed by atoms with van der Waals surface area (Å²) in [5.74, 6) is 2.09. The number of aryl methyl sites for hydroxylation is 1. The maximum absolute atomic E-state index is 5.92. The van der Waals surface area contributed by atoms with E-state index in [1.165, 1.54) is 0 Å². The lowest BCUT2D eigenvalue weighted by Crippen LogP contribution is -1.98. The molecule has 0 spiro atoms. The molecule has 0 aliphatic rings. The van der Waals surface area contributed by atoms with E-state index in [1.54, 1.807) is 0 Å². The summed E-state index contributed by atoms with van der Waals surface area (Å²) in [5, 5.41) is 0. The summed E-state index contributed by atoms with van der Waals surface area (Å²) < 4.78 is 11.5. The predicted molar refractivity (Wildman–Crippen MR) is 77.9 cm³/mol. The number of para-hydroxylation sites is 2. The maximum atomic E-state index is 5.92. The molecule has 0 atom stereocenters. The zero-order valence-electron chi connectivity index (χ0n) is 11.3. The van der Waals surface area contributed by atoms with Crippen molar-refractivity contribution in [2.75, 3.05) is 12.3 Å². The third kappa shape index (κ3) is 3.41. The SMILES string of the molecule is CCCOc1ccccc1Oc1cc(C)ccc1N. The van der Waals surface area contributed by atoms with Crippen LogP contribution in [0.15, 0.2) is 42.5 Å². The fourth-order valence-corrected chi connectivity index (χ4v) is 1.71. The lowest BCUT2D eigenvalue weighted by Gasteiger charge is -2.13. The van der Waals surface area contributed by atoms with Crippen LogP contribution in [0.3, 0.4) is 0 Å². The van der Waals surface area contributed by atoms with Crippen LogP contribution in [-0.4, -0.2) is 6.61 Å². The van der Waals surface area contributed by atoms with Gasteiger partial charge in [0.05, 0.1) is 12.3 Å². The van der Waals surface area contributed by atoms with Crippen molar-refractivity contribution in [2.45, 2.75) is 20.3 Å². The maximum Gasteiger partial charge on any atom is 0.169 e. The number of rotatable bonds is 5. The topological polar surface area (TPSA) is 44.5 Å². The Balaban J connectivity index is 2.25. The van der Waals surface area contributed by atoms with Crippen molar-refractivity contribution in [3.63, 3.8) is 0 Å². The Bertz CT molecular complexity index is 552. The van der Waals surface area contributed by atoms with Crippen LogP contribution in [0.25, 0.3) is 0 Å². The summed E-state index contributed by atoms with van der Waals surface area (Å²) in [6.45, 7) is 4.75. The molecule has 100 valence electrons. The molecule has 0 aliphatic heterocycles. The molecule has 0 fully saturated rings. The lowest BCUT2D eigenvalue weighted by atomic mass is 10.2. The first-order valence-corrected chi connectivity index (χ1v) is 6.46. The zero-order chi connectivity index (χ0) is 13.7. The van der Waals surface area contributed by atoms with Crippen LogP contribution in [0.2, 0.25) is 0 Å². The molecule has 0 aromatic heterocycles. The number of benzene rings is 2. The highest BCUT2D eigenvalue weighted by Crippen LogP contribution is 2.34. The van der Waals surface area contributed by atoms with Crippen molar-refractivity contribution in [2.24, 2.45) is 0 Å². The molecular weight excluding hydrogens is 238 g/mol. The van der Waals surface area contributed by atoms with Crippen molar-refractivity contribution in [3.8, 4) is 17.2 Å². The van der Waals surface area contributed by atoms with Crippen molar-refractivity contribution >= 4 is 5.69 Å². The summed E-state index contributed by atoms with van der Waals surface area (Å²) in [6, 6.07) is 13.4. The standard InChI is InChI=1S/C16H19NO2/c1-3-10-18-14-6-4-5-7-15(14)19-16-11-12(2)8-9-13(16)17/h4-9,11H,3,10,17H2,1-2H3. The molecule has 2 aromatic carbocycles. The molecule has 3 nitrogen and oxygen atoms in total. The van der Waals surface area contributed by atoms with Crippen LogP contribution in [0.4, 0.5) is 5.69 Å². The van der Waals surface area contributed by atoms with Gasteiger partial charge in [-0.1, -0.05) is 25.1 Å². The van der Waals surface area contributed by atoms with E-state index in [4.69, 9.17) is 15.2 Å². The molecule has 0 heterocycles. The summed E-state index contributed by atoms with van der Waals surface area (Å²) in [7, 11) is 0. The number of hydrogen-bond donors (Lipinski definition) is 1. The molecule has 0 saturated heterocycles. The third-order valence-electron chi connectivity index (χ3n) is 2.70. The minimum atomic E-state index is 0.621. The summed E-state index contributed by atoms with van der Waals surface area (Å²) in [5.41, 5.74) is 7.65. The van der Waals surface area contributed by atoms with E-state index in [-0.39, 0.29) is 0 Å². The van der Waals surface area contributed by atoms with Gasteiger partial charge < -0.3 is 15.2 Å². The first kappa shape index (κ1) is 13.3. The smallest absolute Gasteiger partial charge is 0.169 e. The molecule has 0 amide bonds. The lowest BCUT2D eigenvalue weighted by molar-refractivity contribution is 0.302. The third-order valence-corrected chi connectivity index (χ3v) is 2.70. The fourth-order valence-electron chi connectivity index (χ4n) is 1.71. The van der Waals surface area contributed by atoms with Gasteiger partial charge in [-0.3, -0.25) is 0 Å². The Morgan fingerprint density at radius 1 is 1.00 bits per heavy atom. The fraction of sp³-hybridized carbons (Fsp3) is 0.250. The molecular formula is C16H19NO2. The first-order valence-electron chi connectivity index (χ1n) is 6.46. The van der Waals surface area contributed by atoms with Crippen LogP contribution in [0.1, 0.15) is 18.9 Å². The van der Waals surface area contributed by atoms with Crippen molar-refractivity contribution in [3.05, 3.63) is 48.0 Å². The number of nitrogen functional groups attached to an aromatic ring is 1. The van der Waals surface area contributed by atoms with Crippen molar-refractivity contribution in [1.82, 2.24) is 0 Å². The molecule has 0 saturated carbocycles. The van der Waals surface area contributed by atoms with Gasteiger partial charge in [0, 0.05) is 0 Å². The summed E-state index contributed by atoms with van der Waals surface area (Å²) in [4.78, 5) is 0. The van der Waals surface area contributed by atoms with Gasteiger partial charge in [0.25, 0.3) is 0 Å². The Morgan fingerprint density at radius 3 is 2.47 bits per heavy atom. The molecule has 2 rings (SSSR count). The summed E-state index contributed by atoms with van der Waals surface area (Å²) in [6.07, 6.45) is 0.959. The van der Waals surface area contributed by atoms with Crippen LogP contribution in [0, 0.1) is 6.92 Å². The highest BCUT2D eigenvalue weighted by Gasteiger charge is 2.07. The molecule has 0 bridgehead atoms. The normalized spacial score (nSPS) is 10.2. The van der Waals surface area contributed by atoms with Gasteiger partial charge in [-0.2, -0.15) is 0 Å². The van der Waals surface area contributed by atoms with E-state index in [0.717, 1.165) is 17.7 Å². The summed E-state index contributed by atoms with van der Waals surface area (Å²) >= 11 is 0. The number of ether oxygens (including phenoxy) is 2. The average Bonchev–Trinajstić information content (AvgIpc) is 2.42. The van der Waals surface area contributed by atoms with E-state index in [2.05, 4.69) is 6.92 Å². The van der Waals surface area contributed by atoms with Crippen LogP contribution in [-0.2, 0) is 0 Å². The van der Waals surface area contributed by atoms with Gasteiger partial charge in [0.2, 0.25) is 0 Å². The molecule has 3 heteroatoms. The molecule has 2 aromatic rings. The van der Waals surface area contributed by atoms with E-state index < -0.39 is 0 Å². The van der Waals surface area contributed by atoms with E-state index in [0.29, 0.717) is 23.8 Å². The average molecular weight is 257 g/mol. The number of anilines is 1. The predicted octanol–water partition coefficient (Wildman–Crippen LogP) is 4.16. The second-order valence-corrected chi connectivity index (χ2v) is 4.44. The van der Waals surface area contributed by atoms with Gasteiger partial charge in [-0.25, -0.2) is 0 Å². The molecule has 0 unspecified atom stereocenters. The molecule has 0 radical (unpaired) electrons. The quantitative estimate of drug-likeness (QED) is 0.818. The van der Waals surface area contributed by atoms with Crippen molar-refractivity contribution in [1.29, 1.82) is 0 Å². The minimum absolute atomic E-state index is 0.621. The number of hydrogen-bond acceptors (Lipinski definition) is 3. The van der Waals surface area contributed by atoms with Crippen LogP contribution in [0.5, 0.6) is 17.2 Å². The van der Waals surface area contributed by atoms with Crippen molar-refractivity contribution < 1.29 is 9.47 Å². The molecule has 2 N–H and O–H groups in total. The molecule has 19 heavy (non-hydrogen) atoms. The van der Waals surface area contributed by atoms with E-state index in [1.807, 2.05) is 49.4 Å². The highest BCUT2D eigenvalue weighted by atomic mass is 16.5. The Morgan fingerprint density at radius 2 is 1.74 bits per heavy atom. The van der Waals surface area contributed by atoms with E-state index in [9.17, 15) is 0 Å². The minimum Gasteiger partial charge on any atom is -0.490 e. The Labute approximate surface area is 114 Å². The van der Waals surface area contributed by atoms with Crippen LogP contribution >= 0.6 is 0 Å². The second kappa shape index (κ2) is 6.14. The monoisotopic (exact) mass is 257 g/mol. The van der Waals surface area contributed by atoms with Crippen LogP contribution < -0.4 is 15.2 Å². The zero-order valence-corrected chi connectivity index (χ0v) is 11.3. The Kier molecular flexibility index (Phi) is 4.29. The van der Waals surface area contributed by atoms with Gasteiger partial charge in [0.15, 0.2) is 17.2 Å². The van der Waals surface area contributed by atoms with Gasteiger partial charge in [-0.05, 0) is 43.2 Å². The first-order chi connectivity index (χ1) is 9.20. The second-order valence-electron chi connectivity index (χ2n) is 4.44. The highest BCUT2D eigenvalue weighted by molar-refractivity contribution is 5.56. The largest absolute Gasteiger partial charge is 0.490 e. The van der Waals surface area contributed by atoms with E-state index >= 15 is 0 Å². The van der Waals surface area contributed by atoms with Gasteiger partial charge >= 0.3 is 0 Å². The Hall–Kier alpha value is -2.16. The van der Waals surface area contributed by atoms with Gasteiger partial charge in [-0.15, -0.1) is 0 Å². The number of nitrogens with two attached hydrogens (primary N) is 1. The molecule has 0 aliphatic carbocycles.